The number of amides is 4. The van der Waals surface area contributed by atoms with Gasteiger partial charge in [0, 0.05) is 19.0 Å². The van der Waals surface area contributed by atoms with Crippen LogP contribution < -0.4 is 16.0 Å². The molecule has 3 aliphatic rings. The Morgan fingerprint density at radius 2 is 1.68 bits per heavy atom. The quantitative estimate of drug-likeness (QED) is 0.226. The number of rotatable bonds is 13. The molecule has 3 rings (SSSR count). The number of nitrogens with one attached hydrogen (secondary N) is 3. The number of carbonyl (C=O) groups excluding carboxylic acids is 6. The lowest BCUT2D eigenvalue weighted by molar-refractivity contribution is -0.143. The summed E-state index contributed by atoms with van der Waals surface area (Å²) in [7, 11) is 0. The first-order valence-electron chi connectivity index (χ1n) is 14.9. The third-order valence-corrected chi connectivity index (χ3v) is 7.81. The van der Waals surface area contributed by atoms with Crippen LogP contribution in [0.2, 0.25) is 0 Å². The van der Waals surface area contributed by atoms with Crippen LogP contribution in [0.5, 0.6) is 0 Å². The van der Waals surface area contributed by atoms with E-state index in [9.17, 15) is 28.8 Å². The van der Waals surface area contributed by atoms with E-state index < -0.39 is 53.3 Å². The van der Waals surface area contributed by atoms with Crippen LogP contribution in [0.4, 0.5) is 4.79 Å². The van der Waals surface area contributed by atoms with Crippen molar-refractivity contribution in [2.75, 3.05) is 6.54 Å². The summed E-state index contributed by atoms with van der Waals surface area (Å²) in [5.41, 5.74) is -0.793. The summed E-state index contributed by atoms with van der Waals surface area (Å²) in [4.78, 5) is 79.5. The van der Waals surface area contributed by atoms with Gasteiger partial charge in [-0.05, 0) is 84.1 Å². The Morgan fingerprint density at radius 3 is 2.29 bits per heavy atom. The molecule has 0 aromatic carbocycles. The first kappa shape index (κ1) is 32.3. The normalized spacial score (nSPS) is 23.4. The topological polar surface area (TPSA) is 151 Å². The summed E-state index contributed by atoms with van der Waals surface area (Å²) < 4.78 is 5.37. The van der Waals surface area contributed by atoms with Gasteiger partial charge in [-0.15, -0.1) is 0 Å². The molecule has 3 N–H and O–H groups in total. The SMILES string of the molecule is C/C=C/C(=O)CC[C@H](NC(=O)OC(C)(C)C)C(=O)N1C[C@@H]2CCC[C@@H]2[C@H]1C(=O)N[C@@H](CCC)C(=O)C(=O)NC1CC1. The summed E-state index contributed by atoms with van der Waals surface area (Å²) >= 11 is 0. The standard InChI is InChI=1S/C30H46N4O7/c1-6-9-20(35)15-16-23(33-29(40)41-30(3,4)5)28(39)34-17-18-11-8-12-21(18)24(34)26(37)32-22(10-7-2)25(36)27(38)31-19-13-14-19/h6,9,18-19,21-24H,7-8,10-17H2,1-5H3,(H,31,38)(H,32,37)(H,33,40)/b9-6+/t18-,21-,22-,23-,24-/m0/s1. The largest absolute Gasteiger partial charge is 0.444 e. The van der Waals surface area contributed by atoms with E-state index in [0.717, 1.165) is 32.1 Å². The lowest BCUT2D eigenvalue weighted by atomic mass is 9.92. The predicted octanol–water partition coefficient (Wildman–Crippen LogP) is 2.56. The summed E-state index contributed by atoms with van der Waals surface area (Å²) in [6.45, 7) is 9.05. The number of ketones is 2. The number of Topliss-reactive ketones (excluding diaryl/α,β-unsaturated/α-hetero) is 1. The van der Waals surface area contributed by atoms with Gasteiger partial charge in [-0.1, -0.05) is 25.8 Å². The molecule has 1 aliphatic heterocycles. The van der Waals surface area contributed by atoms with Crippen LogP contribution >= 0.6 is 0 Å². The maximum atomic E-state index is 14.0. The van der Waals surface area contributed by atoms with Crippen LogP contribution in [0.1, 0.15) is 92.4 Å². The summed E-state index contributed by atoms with van der Waals surface area (Å²) in [5, 5.41) is 8.11. The molecule has 41 heavy (non-hydrogen) atoms. The highest BCUT2D eigenvalue weighted by Crippen LogP contribution is 2.42. The van der Waals surface area contributed by atoms with E-state index in [1.165, 1.54) is 11.0 Å². The fourth-order valence-corrected chi connectivity index (χ4v) is 5.79. The molecule has 0 spiro atoms. The van der Waals surface area contributed by atoms with Gasteiger partial charge in [0.25, 0.3) is 5.91 Å². The Labute approximate surface area is 242 Å². The van der Waals surface area contributed by atoms with Crippen LogP contribution in [0, 0.1) is 11.8 Å². The van der Waals surface area contributed by atoms with Gasteiger partial charge in [-0.3, -0.25) is 24.0 Å². The molecule has 11 nitrogen and oxygen atoms in total. The maximum absolute atomic E-state index is 14.0. The van der Waals surface area contributed by atoms with Crippen LogP contribution in [-0.4, -0.2) is 76.6 Å². The zero-order valence-electron chi connectivity index (χ0n) is 25.0. The van der Waals surface area contributed by atoms with Crippen LogP contribution in [0.3, 0.4) is 0 Å². The fraction of sp³-hybridized carbons (Fsp3) is 0.733. The van der Waals surface area contributed by atoms with Crippen molar-refractivity contribution in [3.05, 3.63) is 12.2 Å². The van der Waals surface area contributed by atoms with Crippen LogP contribution in [0.25, 0.3) is 0 Å². The van der Waals surface area contributed by atoms with Gasteiger partial charge in [-0.25, -0.2) is 4.79 Å². The van der Waals surface area contributed by atoms with E-state index in [-0.39, 0.29) is 36.5 Å². The lowest BCUT2D eigenvalue weighted by Gasteiger charge is -2.32. The first-order valence-corrected chi connectivity index (χ1v) is 14.9. The number of carbonyl (C=O) groups is 6. The van der Waals surface area contributed by atoms with Crippen molar-refractivity contribution in [1.29, 1.82) is 0 Å². The summed E-state index contributed by atoms with van der Waals surface area (Å²) in [5.74, 6) is -2.49. The molecule has 0 radical (unpaired) electrons. The van der Waals surface area contributed by atoms with Gasteiger partial charge in [-0.2, -0.15) is 0 Å². The molecular formula is C30H46N4O7. The molecule has 3 fully saturated rings. The molecule has 1 saturated heterocycles. The molecule has 228 valence electrons. The second kappa shape index (κ2) is 14.1. The van der Waals surface area contributed by atoms with Crippen molar-refractivity contribution in [3.8, 4) is 0 Å². The van der Waals surface area contributed by atoms with Crippen molar-refractivity contribution in [3.63, 3.8) is 0 Å². The van der Waals surface area contributed by atoms with E-state index in [2.05, 4.69) is 16.0 Å². The first-order chi connectivity index (χ1) is 19.3. The van der Waals surface area contributed by atoms with Crippen LogP contribution in [0.15, 0.2) is 12.2 Å². The zero-order chi connectivity index (χ0) is 30.3. The highest BCUT2D eigenvalue weighted by atomic mass is 16.6. The Balaban J connectivity index is 1.80. The predicted molar refractivity (Wildman–Crippen MR) is 152 cm³/mol. The molecular weight excluding hydrogens is 528 g/mol. The van der Waals surface area contributed by atoms with Gasteiger partial charge in [0.15, 0.2) is 5.78 Å². The number of hydrogen-bond donors (Lipinski definition) is 3. The van der Waals surface area contributed by atoms with E-state index in [4.69, 9.17) is 4.74 Å². The fourth-order valence-electron chi connectivity index (χ4n) is 5.79. The second-order valence-electron chi connectivity index (χ2n) is 12.5. The molecule has 4 amide bonds. The number of nitrogens with zero attached hydrogens (tertiary/aromatic N) is 1. The Hall–Kier alpha value is -3.24. The summed E-state index contributed by atoms with van der Waals surface area (Å²) in [6.07, 6.45) is 7.41. The van der Waals surface area contributed by atoms with Crippen molar-refractivity contribution in [1.82, 2.24) is 20.9 Å². The average Bonchev–Trinajstić information content (AvgIpc) is 3.45. The monoisotopic (exact) mass is 574 g/mol. The highest BCUT2D eigenvalue weighted by molar-refractivity contribution is 6.38. The number of ether oxygens (including phenoxy) is 1. The minimum atomic E-state index is -1.08. The van der Waals surface area contributed by atoms with Gasteiger partial charge < -0.3 is 25.6 Å². The molecule has 5 atom stereocenters. The zero-order valence-corrected chi connectivity index (χ0v) is 25.0. The number of hydrogen-bond acceptors (Lipinski definition) is 7. The second-order valence-corrected chi connectivity index (χ2v) is 12.5. The maximum Gasteiger partial charge on any atom is 0.408 e. The molecule has 0 unspecified atom stereocenters. The number of fused-ring (bicyclic) bond motifs is 1. The Bertz CT molecular complexity index is 1050. The van der Waals surface area contributed by atoms with Crippen molar-refractivity contribution in [2.45, 2.75) is 122 Å². The summed E-state index contributed by atoms with van der Waals surface area (Å²) in [6, 6.07) is -2.90. The van der Waals surface area contributed by atoms with Gasteiger partial charge >= 0.3 is 6.09 Å². The van der Waals surface area contributed by atoms with Gasteiger partial charge in [0.1, 0.15) is 17.7 Å². The number of alkyl carbamates (subject to hydrolysis) is 1. The Kier molecular flexibility index (Phi) is 11.1. The average molecular weight is 575 g/mol. The highest BCUT2D eigenvalue weighted by Gasteiger charge is 2.51. The molecule has 0 bridgehead atoms. The van der Waals surface area contributed by atoms with E-state index >= 15 is 0 Å². The van der Waals surface area contributed by atoms with Crippen molar-refractivity contribution in [2.24, 2.45) is 11.8 Å². The third kappa shape index (κ3) is 9.13. The molecule has 1 heterocycles. The van der Waals surface area contributed by atoms with E-state index in [0.29, 0.717) is 19.4 Å². The van der Waals surface area contributed by atoms with Gasteiger partial charge in [0.05, 0.1) is 6.04 Å². The molecule has 2 saturated carbocycles. The lowest BCUT2D eigenvalue weighted by Crippen LogP contribution is -2.57. The molecule has 2 aliphatic carbocycles. The molecule has 0 aromatic heterocycles. The number of allylic oxidation sites excluding steroid dienone is 2. The Morgan fingerprint density at radius 1 is 0.976 bits per heavy atom. The minimum absolute atomic E-state index is 0.0146. The van der Waals surface area contributed by atoms with Crippen LogP contribution in [-0.2, 0) is 28.7 Å². The van der Waals surface area contributed by atoms with Crippen molar-refractivity contribution >= 4 is 35.4 Å². The number of likely N-dealkylation sites (tertiary alicyclic amines) is 1. The molecule has 0 aromatic rings. The van der Waals surface area contributed by atoms with E-state index in [1.807, 2.05) is 6.92 Å². The van der Waals surface area contributed by atoms with Gasteiger partial charge in [0.2, 0.25) is 17.6 Å². The smallest absolute Gasteiger partial charge is 0.408 e. The minimum Gasteiger partial charge on any atom is -0.444 e. The van der Waals surface area contributed by atoms with Crippen molar-refractivity contribution < 1.29 is 33.5 Å². The third-order valence-electron chi connectivity index (χ3n) is 7.81. The van der Waals surface area contributed by atoms with E-state index in [1.54, 1.807) is 33.8 Å². The molecule has 11 heteroatoms.